The van der Waals surface area contributed by atoms with Crippen LogP contribution in [0.1, 0.15) is 16.2 Å². The fourth-order valence-corrected chi connectivity index (χ4v) is 3.86. The Labute approximate surface area is 153 Å². The highest BCUT2D eigenvalue weighted by Gasteiger charge is 2.16. The summed E-state index contributed by atoms with van der Waals surface area (Å²) in [5.41, 5.74) is 2.74. The standard InChI is InChI=1S/C16H9BrClN3O2S/c17-8-1-2-11-12(3-8)21-14(20-11)6-23-16(22)10-7-24-13-4-9(18)5-19-15(10)13/h1-5,7H,6H2,(H,20,21). The van der Waals surface area contributed by atoms with Crippen LogP contribution >= 0.6 is 38.9 Å². The van der Waals surface area contributed by atoms with Gasteiger partial charge in [-0.25, -0.2) is 9.78 Å². The zero-order valence-electron chi connectivity index (χ0n) is 12.0. The second-order valence-corrected chi connectivity index (χ2v) is 7.33. The predicted molar refractivity (Wildman–Crippen MR) is 97.5 cm³/mol. The van der Waals surface area contributed by atoms with Gasteiger partial charge in [-0.2, -0.15) is 0 Å². The molecule has 0 amide bonds. The summed E-state index contributed by atoms with van der Waals surface area (Å²) in [6.45, 7) is 0.0655. The van der Waals surface area contributed by atoms with Gasteiger partial charge >= 0.3 is 5.97 Å². The molecule has 0 unspecified atom stereocenters. The van der Waals surface area contributed by atoms with Gasteiger partial charge in [-0.05, 0) is 24.3 Å². The first kappa shape index (κ1) is 15.6. The molecule has 8 heteroatoms. The largest absolute Gasteiger partial charge is 0.454 e. The Balaban J connectivity index is 1.54. The van der Waals surface area contributed by atoms with Crippen LogP contribution in [0.25, 0.3) is 21.3 Å². The van der Waals surface area contributed by atoms with E-state index in [0.29, 0.717) is 21.9 Å². The number of hydrogen-bond donors (Lipinski definition) is 1. The Morgan fingerprint density at radius 3 is 3.12 bits per heavy atom. The summed E-state index contributed by atoms with van der Waals surface area (Å²) in [4.78, 5) is 24.0. The van der Waals surface area contributed by atoms with Crippen LogP contribution < -0.4 is 0 Å². The molecule has 3 aromatic heterocycles. The van der Waals surface area contributed by atoms with Gasteiger partial charge in [0.15, 0.2) is 0 Å². The predicted octanol–water partition coefficient (Wildman–Crippen LogP) is 4.95. The molecule has 4 aromatic rings. The lowest BCUT2D eigenvalue weighted by Crippen LogP contribution is -2.05. The number of carbonyl (C=O) groups is 1. The summed E-state index contributed by atoms with van der Waals surface area (Å²) < 4.78 is 7.17. The maximum Gasteiger partial charge on any atom is 0.341 e. The Kier molecular flexibility index (Phi) is 3.99. The number of carbonyl (C=O) groups excluding carboxylic acids is 1. The molecule has 1 N–H and O–H groups in total. The third-order valence-electron chi connectivity index (χ3n) is 3.43. The van der Waals surface area contributed by atoms with E-state index in [1.807, 2.05) is 18.2 Å². The fraction of sp³-hybridized carbons (Fsp3) is 0.0625. The van der Waals surface area contributed by atoms with E-state index in [9.17, 15) is 4.79 Å². The molecule has 1 aromatic carbocycles. The first-order valence-electron chi connectivity index (χ1n) is 6.94. The molecule has 0 aliphatic carbocycles. The normalized spacial score (nSPS) is 11.2. The average Bonchev–Trinajstić information content (AvgIpc) is 3.15. The maximum absolute atomic E-state index is 12.3. The number of nitrogens with one attached hydrogen (secondary N) is 1. The van der Waals surface area contributed by atoms with Crippen molar-refractivity contribution in [2.45, 2.75) is 6.61 Å². The number of pyridine rings is 1. The number of rotatable bonds is 3. The van der Waals surface area contributed by atoms with Crippen molar-refractivity contribution in [1.82, 2.24) is 15.0 Å². The quantitative estimate of drug-likeness (QED) is 0.475. The van der Waals surface area contributed by atoms with Crippen molar-refractivity contribution in [3.05, 3.63) is 56.7 Å². The van der Waals surface area contributed by atoms with Gasteiger partial charge in [-0.15, -0.1) is 11.3 Å². The van der Waals surface area contributed by atoms with Gasteiger partial charge in [-0.1, -0.05) is 27.5 Å². The lowest BCUT2D eigenvalue weighted by atomic mass is 10.3. The molecule has 0 saturated heterocycles. The zero-order valence-corrected chi connectivity index (χ0v) is 15.2. The monoisotopic (exact) mass is 421 g/mol. The van der Waals surface area contributed by atoms with Gasteiger partial charge in [-0.3, -0.25) is 4.98 Å². The van der Waals surface area contributed by atoms with Gasteiger partial charge in [0, 0.05) is 16.0 Å². The van der Waals surface area contributed by atoms with Crippen molar-refractivity contribution >= 4 is 66.1 Å². The Hall–Kier alpha value is -1.96. The van der Waals surface area contributed by atoms with Crippen LogP contribution in [0.4, 0.5) is 0 Å². The van der Waals surface area contributed by atoms with E-state index >= 15 is 0 Å². The highest BCUT2D eigenvalue weighted by atomic mass is 79.9. The van der Waals surface area contributed by atoms with Crippen molar-refractivity contribution in [1.29, 1.82) is 0 Å². The number of benzene rings is 1. The number of nitrogens with zero attached hydrogens (tertiary/aromatic N) is 2. The molecule has 0 spiro atoms. The van der Waals surface area contributed by atoms with Crippen molar-refractivity contribution < 1.29 is 9.53 Å². The second-order valence-electron chi connectivity index (χ2n) is 5.07. The molecule has 0 aliphatic rings. The summed E-state index contributed by atoms with van der Waals surface area (Å²) in [6, 6.07) is 7.50. The molecule has 24 heavy (non-hydrogen) atoms. The summed E-state index contributed by atoms with van der Waals surface area (Å²) in [5.74, 6) is 0.157. The molecule has 0 radical (unpaired) electrons. The molecule has 0 aliphatic heterocycles. The second kappa shape index (κ2) is 6.16. The van der Waals surface area contributed by atoms with Crippen molar-refractivity contribution in [2.75, 3.05) is 0 Å². The van der Waals surface area contributed by atoms with Crippen LogP contribution in [0, 0.1) is 0 Å². The maximum atomic E-state index is 12.3. The van der Waals surface area contributed by atoms with Gasteiger partial charge in [0.2, 0.25) is 0 Å². The number of halogens is 2. The van der Waals surface area contributed by atoms with Crippen LogP contribution in [0.15, 0.2) is 40.3 Å². The number of H-pyrrole nitrogens is 1. The minimum atomic E-state index is -0.433. The van der Waals surface area contributed by atoms with Crippen LogP contribution in [0.2, 0.25) is 5.02 Å². The van der Waals surface area contributed by atoms with Crippen molar-refractivity contribution in [2.24, 2.45) is 0 Å². The highest BCUT2D eigenvalue weighted by Crippen LogP contribution is 2.27. The van der Waals surface area contributed by atoms with E-state index in [1.165, 1.54) is 17.5 Å². The summed E-state index contributed by atoms with van der Waals surface area (Å²) in [7, 11) is 0. The molecule has 5 nitrogen and oxygen atoms in total. The van der Waals surface area contributed by atoms with Crippen molar-refractivity contribution in [3.63, 3.8) is 0 Å². The van der Waals surface area contributed by atoms with Crippen LogP contribution in [0.5, 0.6) is 0 Å². The van der Waals surface area contributed by atoms with Crippen molar-refractivity contribution in [3.8, 4) is 0 Å². The molecular weight excluding hydrogens is 414 g/mol. The van der Waals surface area contributed by atoms with Crippen LogP contribution in [-0.2, 0) is 11.3 Å². The smallest absolute Gasteiger partial charge is 0.341 e. The first-order chi connectivity index (χ1) is 11.6. The number of aromatic amines is 1. The topological polar surface area (TPSA) is 67.9 Å². The SMILES string of the molecule is O=C(OCc1nc2ccc(Br)cc2[nH]1)c1csc2cc(Cl)cnc12. The third kappa shape index (κ3) is 2.90. The first-order valence-corrected chi connectivity index (χ1v) is 8.99. The molecule has 3 heterocycles. The number of fused-ring (bicyclic) bond motifs is 2. The number of esters is 1. The van der Waals surface area contributed by atoms with E-state index < -0.39 is 5.97 Å². The van der Waals surface area contributed by atoms with E-state index in [4.69, 9.17) is 16.3 Å². The molecule has 0 bridgehead atoms. The van der Waals surface area contributed by atoms with E-state index in [-0.39, 0.29) is 6.61 Å². The average molecular weight is 423 g/mol. The molecule has 0 saturated carbocycles. The lowest BCUT2D eigenvalue weighted by molar-refractivity contribution is 0.0466. The van der Waals surface area contributed by atoms with Gasteiger partial charge in [0.05, 0.1) is 31.8 Å². The Bertz CT molecular complexity index is 1080. The number of imidazole rings is 1. The molecule has 4 rings (SSSR count). The third-order valence-corrected chi connectivity index (χ3v) is 5.05. The van der Waals surface area contributed by atoms with Crippen LogP contribution in [0.3, 0.4) is 0 Å². The minimum Gasteiger partial charge on any atom is -0.454 e. The highest BCUT2D eigenvalue weighted by molar-refractivity contribution is 9.10. The Morgan fingerprint density at radius 2 is 2.25 bits per heavy atom. The zero-order chi connectivity index (χ0) is 16.7. The number of ether oxygens (including phenoxy) is 1. The summed E-state index contributed by atoms with van der Waals surface area (Å²) in [6.07, 6.45) is 1.52. The fourth-order valence-electron chi connectivity index (χ4n) is 2.35. The molecule has 0 atom stereocenters. The van der Waals surface area contributed by atoms with Gasteiger partial charge in [0.25, 0.3) is 0 Å². The van der Waals surface area contributed by atoms with E-state index in [2.05, 4.69) is 30.9 Å². The number of hydrogen-bond acceptors (Lipinski definition) is 5. The minimum absolute atomic E-state index is 0.0655. The van der Waals surface area contributed by atoms with E-state index in [0.717, 1.165) is 20.2 Å². The Morgan fingerprint density at radius 1 is 1.38 bits per heavy atom. The number of thiophene rings is 1. The lowest BCUT2D eigenvalue weighted by Gasteiger charge is -2.01. The van der Waals surface area contributed by atoms with Gasteiger partial charge in [0.1, 0.15) is 12.4 Å². The number of aromatic nitrogens is 3. The summed E-state index contributed by atoms with van der Waals surface area (Å²) >= 11 is 10.7. The van der Waals surface area contributed by atoms with E-state index in [1.54, 1.807) is 11.4 Å². The molecular formula is C16H9BrClN3O2S. The molecule has 120 valence electrons. The van der Waals surface area contributed by atoms with Gasteiger partial charge < -0.3 is 9.72 Å². The summed E-state index contributed by atoms with van der Waals surface area (Å²) in [5, 5.41) is 2.27. The molecule has 0 fully saturated rings. The van der Waals surface area contributed by atoms with Crippen LogP contribution in [-0.4, -0.2) is 20.9 Å².